The summed E-state index contributed by atoms with van der Waals surface area (Å²) in [6.45, 7) is 3.88. The number of carboxylic acids is 1. The lowest BCUT2D eigenvalue weighted by Crippen LogP contribution is -2.57. The van der Waals surface area contributed by atoms with Crippen LogP contribution in [0.15, 0.2) is 72.8 Å². The van der Waals surface area contributed by atoms with Gasteiger partial charge in [-0.1, -0.05) is 38.1 Å². The average molecular weight is 656 g/mol. The van der Waals surface area contributed by atoms with E-state index in [4.69, 9.17) is 4.74 Å². The predicted octanol–water partition coefficient (Wildman–Crippen LogP) is 4.00. The van der Waals surface area contributed by atoms with Crippen LogP contribution in [0.3, 0.4) is 0 Å². The number of aliphatic carboxylic acids is 1. The molecule has 3 amide bonds. The van der Waals surface area contributed by atoms with Crippen LogP contribution in [0.5, 0.6) is 5.75 Å². The van der Waals surface area contributed by atoms with Gasteiger partial charge in [0.2, 0.25) is 11.8 Å². The number of amides is 3. The summed E-state index contributed by atoms with van der Waals surface area (Å²) in [7, 11) is 0. The van der Waals surface area contributed by atoms with Gasteiger partial charge in [-0.05, 0) is 72.5 Å². The molecule has 4 rings (SSSR count). The number of nitrogens with one attached hydrogen (secondary N) is 2. The van der Waals surface area contributed by atoms with E-state index in [1.807, 2.05) is 0 Å². The summed E-state index contributed by atoms with van der Waals surface area (Å²) in [6.07, 6.45) is -0.927. The number of aliphatic hydroxyl groups is 1. The maximum absolute atomic E-state index is 13.6. The fourth-order valence-corrected chi connectivity index (χ4v) is 6.03. The van der Waals surface area contributed by atoms with E-state index in [2.05, 4.69) is 10.6 Å². The highest BCUT2D eigenvalue weighted by Crippen LogP contribution is 2.46. The number of hydrogen-bond acceptors (Lipinski definition) is 7. The zero-order valence-electron chi connectivity index (χ0n) is 25.4. The molecular formula is C33H35F2N3O7S. The first kappa shape index (κ1) is 34.4. The number of carboxylic acid groups (broad SMARTS) is 1. The number of carbonyl (C=O) groups excluding carboxylic acids is 3. The molecule has 0 aliphatic carbocycles. The van der Waals surface area contributed by atoms with E-state index in [-0.39, 0.29) is 11.7 Å². The largest absolute Gasteiger partial charge is 0.484 e. The van der Waals surface area contributed by atoms with Crippen molar-refractivity contribution in [3.05, 3.63) is 95.6 Å². The summed E-state index contributed by atoms with van der Waals surface area (Å²) in [4.78, 5) is 50.9. The third-order valence-corrected chi connectivity index (χ3v) is 9.20. The van der Waals surface area contributed by atoms with Crippen LogP contribution in [0.1, 0.15) is 44.0 Å². The van der Waals surface area contributed by atoms with Gasteiger partial charge in [0.25, 0.3) is 5.91 Å². The third-order valence-electron chi connectivity index (χ3n) is 7.87. The zero-order chi connectivity index (χ0) is 33.6. The van der Waals surface area contributed by atoms with Crippen molar-refractivity contribution in [3.63, 3.8) is 0 Å². The third kappa shape index (κ3) is 8.01. The molecule has 1 fully saturated rings. The van der Waals surface area contributed by atoms with Crippen molar-refractivity contribution >= 4 is 41.1 Å². The number of benzene rings is 3. The van der Waals surface area contributed by atoms with Crippen molar-refractivity contribution in [1.29, 1.82) is 0 Å². The van der Waals surface area contributed by atoms with Gasteiger partial charge in [0.1, 0.15) is 28.2 Å². The highest BCUT2D eigenvalue weighted by Gasteiger charge is 2.49. The molecule has 3 aromatic carbocycles. The zero-order valence-corrected chi connectivity index (χ0v) is 26.2. The smallest absolute Gasteiger partial charge is 0.329 e. The second-order valence-electron chi connectivity index (χ2n) is 11.3. The Morgan fingerprint density at radius 3 is 2.11 bits per heavy atom. The summed E-state index contributed by atoms with van der Waals surface area (Å²) < 4.78 is 32.5. The normalized spacial score (nSPS) is 17.9. The van der Waals surface area contributed by atoms with Gasteiger partial charge in [0.15, 0.2) is 6.61 Å². The molecule has 1 heterocycles. The second-order valence-corrected chi connectivity index (χ2v) is 12.5. The van der Waals surface area contributed by atoms with Crippen molar-refractivity contribution in [1.82, 2.24) is 10.6 Å². The fourth-order valence-electron chi connectivity index (χ4n) is 4.73. The first-order valence-corrected chi connectivity index (χ1v) is 15.5. The molecule has 1 saturated heterocycles. The lowest BCUT2D eigenvalue weighted by Gasteiger charge is -2.47. The topological polar surface area (TPSA) is 145 Å². The van der Waals surface area contributed by atoms with E-state index >= 15 is 0 Å². The number of carbonyl (C=O) groups is 4. The van der Waals surface area contributed by atoms with E-state index in [9.17, 15) is 38.2 Å². The van der Waals surface area contributed by atoms with Gasteiger partial charge in [0, 0.05) is 11.4 Å². The first-order chi connectivity index (χ1) is 21.8. The number of hydrogen-bond donors (Lipinski definition) is 4. The number of ether oxygens (including phenoxy) is 1. The summed E-state index contributed by atoms with van der Waals surface area (Å²) in [6, 6.07) is 17.3. The highest BCUT2D eigenvalue weighted by atomic mass is 32.2. The molecule has 1 unspecified atom stereocenters. The standard InChI is InChI=1S/C33H35F2N3O7S/c1-19(2)33(3,32(43)44)37-27(40)16-36-28(41)17-45-25-14-6-21(7-15-25)29-30(31(42)38(29)24-12-10-23(35)11-13-24)46-18-26(39)20-4-8-22(34)9-5-20/h4-15,19,26,29-30,39H,16-18H2,1-3H3,(H,36,41)(H,37,40)(H,43,44)/t26?,29-,30-,33+/m1/s1. The Kier molecular flexibility index (Phi) is 11.0. The minimum absolute atomic E-state index is 0.178. The number of rotatable bonds is 14. The molecule has 46 heavy (non-hydrogen) atoms. The number of nitrogens with zero attached hydrogens (tertiary/aromatic N) is 1. The average Bonchev–Trinajstić information content (AvgIpc) is 3.02. The van der Waals surface area contributed by atoms with Gasteiger partial charge in [-0.2, -0.15) is 0 Å². The molecule has 3 aromatic rings. The van der Waals surface area contributed by atoms with E-state index in [1.165, 1.54) is 67.2 Å². The van der Waals surface area contributed by atoms with Gasteiger partial charge in [-0.3, -0.25) is 14.4 Å². The molecule has 1 aliphatic rings. The van der Waals surface area contributed by atoms with Crippen LogP contribution < -0.4 is 20.3 Å². The molecule has 0 spiro atoms. The van der Waals surface area contributed by atoms with Crippen molar-refractivity contribution in [2.24, 2.45) is 5.92 Å². The molecule has 4 atom stereocenters. The Morgan fingerprint density at radius 1 is 0.957 bits per heavy atom. The molecule has 244 valence electrons. The number of thioether (sulfide) groups is 1. The van der Waals surface area contributed by atoms with Crippen LogP contribution >= 0.6 is 11.8 Å². The number of β-lactam (4-membered cyclic amide) rings is 1. The first-order valence-electron chi connectivity index (χ1n) is 14.5. The van der Waals surface area contributed by atoms with Crippen LogP contribution in [-0.4, -0.2) is 63.6 Å². The van der Waals surface area contributed by atoms with Crippen molar-refractivity contribution in [2.75, 3.05) is 23.8 Å². The van der Waals surface area contributed by atoms with Crippen LogP contribution in [0, 0.1) is 17.6 Å². The fraction of sp³-hybridized carbons (Fsp3) is 0.333. The summed E-state index contributed by atoms with van der Waals surface area (Å²) in [5, 5.41) is 24.3. The summed E-state index contributed by atoms with van der Waals surface area (Å²) in [5.41, 5.74) is 0.272. The van der Waals surface area contributed by atoms with Gasteiger partial charge in [-0.15, -0.1) is 11.8 Å². The van der Waals surface area contributed by atoms with Crippen molar-refractivity contribution < 1.29 is 42.9 Å². The molecule has 13 heteroatoms. The molecule has 0 aromatic heterocycles. The van der Waals surface area contributed by atoms with Crippen molar-refractivity contribution in [3.8, 4) is 5.75 Å². The van der Waals surface area contributed by atoms with Gasteiger partial charge in [-0.25, -0.2) is 13.6 Å². The van der Waals surface area contributed by atoms with Crippen molar-refractivity contribution in [2.45, 2.75) is 43.7 Å². The second kappa shape index (κ2) is 14.7. The van der Waals surface area contributed by atoms with Crippen LogP contribution in [0.25, 0.3) is 0 Å². The Hall–Kier alpha value is -4.49. The van der Waals surface area contributed by atoms with Gasteiger partial charge in [0.05, 0.1) is 18.7 Å². The SMILES string of the molecule is CC(C)[C@](C)(NC(=O)CNC(=O)COc1ccc([C@@H]2[C@@H](SCC(O)c3ccc(F)cc3)C(=O)N2c2ccc(F)cc2)cc1)C(=O)O. The van der Waals surface area contributed by atoms with E-state index in [0.29, 0.717) is 17.0 Å². The quantitative estimate of drug-likeness (QED) is 0.191. The Labute approximate surface area is 269 Å². The van der Waals surface area contributed by atoms with Crippen LogP contribution in [0.4, 0.5) is 14.5 Å². The maximum atomic E-state index is 13.6. The highest BCUT2D eigenvalue weighted by molar-refractivity contribution is 8.00. The molecular weight excluding hydrogens is 620 g/mol. The molecule has 0 bridgehead atoms. The molecule has 0 radical (unpaired) electrons. The lowest BCUT2D eigenvalue weighted by atomic mass is 9.88. The Morgan fingerprint density at radius 2 is 1.54 bits per heavy atom. The lowest BCUT2D eigenvalue weighted by molar-refractivity contribution is -0.148. The number of anilines is 1. The van der Waals surface area contributed by atoms with Gasteiger partial charge < -0.3 is 30.5 Å². The monoisotopic (exact) mass is 655 g/mol. The minimum atomic E-state index is -1.49. The summed E-state index contributed by atoms with van der Waals surface area (Å²) in [5.74, 6) is -3.39. The maximum Gasteiger partial charge on any atom is 0.329 e. The van der Waals surface area contributed by atoms with E-state index in [1.54, 1.807) is 43.0 Å². The molecule has 1 aliphatic heterocycles. The van der Waals surface area contributed by atoms with Crippen LogP contribution in [0.2, 0.25) is 0 Å². The van der Waals surface area contributed by atoms with E-state index in [0.717, 1.165) is 5.56 Å². The summed E-state index contributed by atoms with van der Waals surface area (Å²) >= 11 is 1.26. The molecule has 10 nitrogen and oxygen atoms in total. The predicted molar refractivity (Wildman–Crippen MR) is 168 cm³/mol. The molecule has 0 saturated carbocycles. The van der Waals surface area contributed by atoms with Gasteiger partial charge >= 0.3 is 5.97 Å². The number of aliphatic hydroxyl groups excluding tert-OH is 1. The van der Waals surface area contributed by atoms with E-state index < -0.39 is 71.4 Å². The van der Waals surface area contributed by atoms with Crippen LogP contribution in [-0.2, 0) is 19.2 Å². The molecule has 4 N–H and O–H groups in total. The minimum Gasteiger partial charge on any atom is -0.484 e. The Bertz CT molecular complexity index is 1550. The Balaban J connectivity index is 1.38. The number of halogens is 2.